The lowest BCUT2D eigenvalue weighted by molar-refractivity contribution is -0.118. The number of para-hydroxylation sites is 2. The molecule has 152 valence electrons. The van der Waals surface area contributed by atoms with Gasteiger partial charge in [-0.1, -0.05) is 25.5 Å². The highest BCUT2D eigenvalue weighted by Crippen LogP contribution is 2.22. The number of H-pyrrole nitrogens is 1. The van der Waals surface area contributed by atoms with Crippen LogP contribution in [0.25, 0.3) is 11.0 Å². The highest BCUT2D eigenvalue weighted by atomic mass is 16.5. The Morgan fingerprint density at radius 3 is 2.41 bits per heavy atom. The molecular weight excluding hydrogens is 372 g/mol. The molecular formula is C21H24N4O4. The van der Waals surface area contributed by atoms with E-state index >= 15 is 0 Å². The van der Waals surface area contributed by atoms with Crippen LogP contribution in [0.2, 0.25) is 0 Å². The first-order valence-corrected chi connectivity index (χ1v) is 9.33. The molecule has 8 nitrogen and oxygen atoms in total. The number of rotatable bonds is 8. The second-order valence-corrected chi connectivity index (χ2v) is 6.51. The van der Waals surface area contributed by atoms with E-state index in [0.29, 0.717) is 29.4 Å². The Morgan fingerprint density at radius 2 is 1.79 bits per heavy atom. The van der Waals surface area contributed by atoms with Crippen molar-refractivity contribution in [2.45, 2.75) is 25.8 Å². The van der Waals surface area contributed by atoms with Crippen molar-refractivity contribution in [3.05, 3.63) is 48.0 Å². The Bertz CT molecular complexity index is 960. The quantitative estimate of drug-likeness (QED) is 0.543. The normalized spacial score (nSPS) is 11.7. The lowest BCUT2D eigenvalue weighted by Gasteiger charge is -2.17. The summed E-state index contributed by atoms with van der Waals surface area (Å²) >= 11 is 0. The van der Waals surface area contributed by atoms with E-state index < -0.39 is 6.04 Å². The number of nitrogens with zero attached hydrogens (tertiary/aromatic N) is 1. The highest BCUT2D eigenvalue weighted by molar-refractivity contribution is 6.01. The first-order chi connectivity index (χ1) is 14.0. The number of benzene rings is 2. The summed E-state index contributed by atoms with van der Waals surface area (Å²) in [5.74, 6) is 0.602. The zero-order valence-electron chi connectivity index (χ0n) is 16.6. The number of methoxy groups -OCH3 is 2. The Balaban J connectivity index is 1.74. The lowest BCUT2D eigenvalue weighted by atomic mass is 10.1. The van der Waals surface area contributed by atoms with E-state index in [-0.39, 0.29) is 11.8 Å². The molecule has 0 spiro atoms. The Labute approximate surface area is 168 Å². The smallest absolute Gasteiger partial charge is 0.252 e. The molecule has 1 atom stereocenters. The fraction of sp³-hybridized carbons (Fsp3) is 0.286. The number of carbonyl (C=O) groups excluding carboxylic acids is 2. The van der Waals surface area contributed by atoms with E-state index in [2.05, 4.69) is 20.6 Å². The molecule has 0 saturated carbocycles. The van der Waals surface area contributed by atoms with Crippen LogP contribution >= 0.6 is 0 Å². The minimum absolute atomic E-state index is 0.339. The zero-order valence-corrected chi connectivity index (χ0v) is 16.6. The number of ether oxygens (including phenoxy) is 2. The van der Waals surface area contributed by atoms with Gasteiger partial charge in [0.05, 0.1) is 25.3 Å². The van der Waals surface area contributed by atoms with Crippen LogP contribution in [0, 0.1) is 0 Å². The molecule has 0 bridgehead atoms. The number of anilines is 1. The number of fused-ring (bicyclic) bond motifs is 1. The van der Waals surface area contributed by atoms with Gasteiger partial charge in [0.1, 0.15) is 17.5 Å². The van der Waals surface area contributed by atoms with Crippen LogP contribution < -0.4 is 20.1 Å². The molecule has 2 aromatic carbocycles. The fourth-order valence-corrected chi connectivity index (χ4v) is 2.95. The van der Waals surface area contributed by atoms with Crippen molar-refractivity contribution in [1.29, 1.82) is 0 Å². The number of amides is 2. The van der Waals surface area contributed by atoms with Gasteiger partial charge in [-0.05, 0) is 30.7 Å². The summed E-state index contributed by atoms with van der Waals surface area (Å²) in [6.45, 7) is 1.95. The van der Waals surface area contributed by atoms with E-state index in [0.717, 1.165) is 17.5 Å². The van der Waals surface area contributed by atoms with E-state index in [9.17, 15) is 9.59 Å². The summed E-state index contributed by atoms with van der Waals surface area (Å²) in [5, 5.41) is 5.54. The molecule has 3 aromatic rings. The number of carbonyl (C=O) groups is 2. The largest absolute Gasteiger partial charge is 0.497 e. The van der Waals surface area contributed by atoms with E-state index in [1.54, 1.807) is 18.2 Å². The SMILES string of the molecule is CCCC(NC(=O)c1cc(OC)cc(OC)c1)C(=O)Nc1nc2ccccc2[nH]1. The van der Waals surface area contributed by atoms with Crippen molar-refractivity contribution < 1.29 is 19.1 Å². The average Bonchev–Trinajstić information content (AvgIpc) is 3.15. The van der Waals surface area contributed by atoms with Crippen molar-refractivity contribution in [3.63, 3.8) is 0 Å². The highest BCUT2D eigenvalue weighted by Gasteiger charge is 2.22. The number of hydrogen-bond donors (Lipinski definition) is 3. The van der Waals surface area contributed by atoms with Gasteiger partial charge in [-0.3, -0.25) is 14.9 Å². The standard InChI is InChI=1S/C21H24N4O4/c1-4-7-18(20(27)25-21-23-16-8-5-6-9-17(16)24-21)22-19(26)13-10-14(28-2)12-15(11-13)29-3/h5-6,8-12,18H,4,7H2,1-3H3,(H,22,26)(H2,23,24,25,27). The lowest BCUT2D eigenvalue weighted by Crippen LogP contribution is -2.43. The summed E-state index contributed by atoms with van der Waals surface area (Å²) < 4.78 is 10.4. The third-order valence-corrected chi connectivity index (χ3v) is 4.44. The molecule has 0 fully saturated rings. The van der Waals surface area contributed by atoms with Gasteiger partial charge < -0.3 is 19.8 Å². The van der Waals surface area contributed by atoms with Crippen LogP contribution in [0.1, 0.15) is 30.1 Å². The number of imidazole rings is 1. The van der Waals surface area contributed by atoms with Gasteiger partial charge in [0.15, 0.2) is 0 Å². The van der Waals surface area contributed by atoms with Crippen LogP contribution in [-0.2, 0) is 4.79 Å². The van der Waals surface area contributed by atoms with Gasteiger partial charge in [-0.2, -0.15) is 0 Å². The van der Waals surface area contributed by atoms with Gasteiger partial charge in [-0.25, -0.2) is 4.98 Å². The number of aromatic amines is 1. The zero-order chi connectivity index (χ0) is 20.8. The fourth-order valence-electron chi connectivity index (χ4n) is 2.95. The van der Waals surface area contributed by atoms with Gasteiger partial charge in [0.25, 0.3) is 5.91 Å². The third-order valence-electron chi connectivity index (χ3n) is 4.44. The van der Waals surface area contributed by atoms with E-state index in [1.807, 2.05) is 31.2 Å². The molecule has 8 heteroatoms. The van der Waals surface area contributed by atoms with Crippen LogP contribution in [0.4, 0.5) is 5.95 Å². The van der Waals surface area contributed by atoms with Crippen LogP contribution in [0.5, 0.6) is 11.5 Å². The average molecular weight is 396 g/mol. The van der Waals surface area contributed by atoms with Crippen LogP contribution in [0.15, 0.2) is 42.5 Å². The van der Waals surface area contributed by atoms with Crippen LogP contribution in [0.3, 0.4) is 0 Å². The molecule has 2 amide bonds. The predicted molar refractivity (Wildman–Crippen MR) is 110 cm³/mol. The molecule has 29 heavy (non-hydrogen) atoms. The molecule has 1 heterocycles. The monoisotopic (exact) mass is 396 g/mol. The molecule has 1 aromatic heterocycles. The maximum atomic E-state index is 12.8. The maximum Gasteiger partial charge on any atom is 0.252 e. The minimum atomic E-state index is -0.710. The molecule has 0 aliphatic rings. The Hall–Kier alpha value is -3.55. The van der Waals surface area contributed by atoms with E-state index in [1.165, 1.54) is 14.2 Å². The molecule has 0 saturated heterocycles. The maximum absolute atomic E-state index is 12.8. The predicted octanol–water partition coefficient (Wildman–Crippen LogP) is 3.12. The van der Waals surface area contributed by atoms with Crippen molar-refractivity contribution >= 4 is 28.8 Å². The summed E-state index contributed by atoms with van der Waals surface area (Å²) in [7, 11) is 3.02. The second kappa shape index (κ2) is 9.09. The van der Waals surface area contributed by atoms with Crippen LogP contribution in [-0.4, -0.2) is 42.0 Å². The summed E-state index contributed by atoms with van der Waals surface area (Å²) in [6, 6.07) is 11.6. The van der Waals surface area contributed by atoms with Gasteiger partial charge in [0, 0.05) is 11.6 Å². The molecule has 3 N–H and O–H groups in total. The van der Waals surface area contributed by atoms with Crippen molar-refractivity contribution in [2.24, 2.45) is 0 Å². The molecule has 3 rings (SSSR count). The Morgan fingerprint density at radius 1 is 1.10 bits per heavy atom. The van der Waals surface area contributed by atoms with Crippen molar-refractivity contribution in [2.75, 3.05) is 19.5 Å². The molecule has 0 radical (unpaired) electrons. The summed E-state index contributed by atoms with van der Waals surface area (Å²) in [6.07, 6.45) is 1.21. The molecule has 1 unspecified atom stereocenters. The number of hydrogen-bond acceptors (Lipinski definition) is 5. The van der Waals surface area contributed by atoms with E-state index in [4.69, 9.17) is 9.47 Å². The van der Waals surface area contributed by atoms with Gasteiger partial charge in [-0.15, -0.1) is 0 Å². The van der Waals surface area contributed by atoms with Gasteiger partial charge in [0.2, 0.25) is 11.9 Å². The van der Waals surface area contributed by atoms with Crippen molar-refractivity contribution in [1.82, 2.24) is 15.3 Å². The Kier molecular flexibility index (Phi) is 6.33. The minimum Gasteiger partial charge on any atom is -0.497 e. The topological polar surface area (TPSA) is 105 Å². The number of aromatic nitrogens is 2. The third kappa shape index (κ3) is 4.84. The molecule has 0 aliphatic heterocycles. The second-order valence-electron chi connectivity index (χ2n) is 6.51. The number of nitrogens with one attached hydrogen (secondary N) is 3. The first-order valence-electron chi connectivity index (χ1n) is 9.33. The summed E-state index contributed by atoms with van der Waals surface area (Å²) in [5.41, 5.74) is 1.92. The first kappa shape index (κ1) is 20.2. The van der Waals surface area contributed by atoms with Gasteiger partial charge >= 0.3 is 0 Å². The molecule has 0 aliphatic carbocycles. The van der Waals surface area contributed by atoms with Crippen molar-refractivity contribution in [3.8, 4) is 11.5 Å². The summed E-state index contributed by atoms with van der Waals surface area (Å²) in [4.78, 5) is 32.9.